The molecule has 3 nitrogen and oxygen atoms in total. The quantitative estimate of drug-likeness (QED) is 0.862. The lowest BCUT2D eigenvalue weighted by Gasteiger charge is -2.41. The number of benzene rings is 1. The summed E-state index contributed by atoms with van der Waals surface area (Å²) >= 11 is 0. The second-order valence-corrected chi connectivity index (χ2v) is 5.23. The van der Waals surface area contributed by atoms with E-state index in [2.05, 4.69) is 31.3 Å². The van der Waals surface area contributed by atoms with Crippen LogP contribution in [0.4, 0.5) is 5.69 Å². The highest BCUT2D eigenvalue weighted by atomic mass is 16.5. The van der Waals surface area contributed by atoms with E-state index in [4.69, 9.17) is 4.74 Å². The van der Waals surface area contributed by atoms with Crippen LogP contribution in [-0.2, 0) is 4.74 Å². The van der Waals surface area contributed by atoms with Crippen LogP contribution in [0.1, 0.15) is 31.7 Å². The van der Waals surface area contributed by atoms with E-state index in [9.17, 15) is 5.11 Å². The number of aryl methyl sites for hydroxylation is 1. The number of nitrogens with one attached hydrogen (secondary N) is 1. The summed E-state index contributed by atoms with van der Waals surface area (Å²) in [6.07, 6.45) is 2.97. The third kappa shape index (κ3) is 2.85. The van der Waals surface area contributed by atoms with Crippen LogP contribution in [0.3, 0.4) is 0 Å². The highest BCUT2D eigenvalue weighted by Crippen LogP contribution is 2.31. The van der Waals surface area contributed by atoms with Gasteiger partial charge in [0, 0.05) is 12.3 Å². The van der Waals surface area contributed by atoms with Crippen molar-refractivity contribution in [1.29, 1.82) is 0 Å². The summed E-state index contributed by atoms with van der Waals surface area (Å²) in [5, 5.41) is 13.3. The zero-order chi connectivity index (χ0) is 13.0. The molecule has 1 aliphatic heterocycles. The lowest BCUT2D eigenvalue weighted by molar-refractivity contribution is -0.0273. The number of para-hydroxylation sites is 1. The van der Waals surface area contributed by atoms with Crippen molar-refractivity contribution in [3.63, 3.8) is 0 Å². The van der Waals surface area contributed by atoms with Gasteiger partial charge in [0.15, 0.2) is 0 Å². The Morgan fingerprint density at radius 3 is 2.89 bits per heavy atom. The summed E-state index contributed by atoms with van der Waals surface area (Å²) in [7, 11) is 0. The molecule has 0 spiro atoms. The first-order valence-corrected chi connectivity index (χ1v) is 6.75. The van der Waals surface area contributed by atoms with E-state index in [0.29, 0.717) is 0 Å². The molecule has 3 heteroatoms. The maximum absolute atomic E-state index is 9.79. The van der Waals surface area contributed by atoms with Gasteiger partial charge in [0.1, 0.15) is 0 Å². The van der Waals surface area contributed by atoms with Crippen LogP contribution >= 0.6 is 0 Å². The van der Waals surface area contributed by atoms with E-state index >= 15 is 0 Å². The molecule has 1 aliphatic rings. The molecular formula is C15H23NO2. The van der Waals surface area contributed by atoms with E-state index in [-0.39, 0.29) is 18.2 Å². The minimum absolute atomic E-state index is 0.154. The molecule has 0 aliphatic carbocycles. The lowest BCUT2D eigenvalue weighted by Crippen LogP contribution is -2.49. The van der Waals surface area contributed by atoms with Gasteiger partial charge in [-0.25, -0.2) is 0 Å². The van der Waals surface area contributed by atoms with E-state index < -0.39 is 0 Å². The van der Waals surface area contributed by atoms with Crippen molar-refractivity contribution in [2.24, 2.45) is 0 Å². The Balaban J connectivity index is 2.15. The van der Waals surface area contributed by atoms with Crippen LogP contribution in [0.5, 0.6) is 0 Å². The predicted octanol–water partition coefficient (Wildman–Crippen LogP) is 2.73. The number of rotatable bonds is 4. The Bertz CT molecular complexity index is 394. The Morgan fingerprint density at radius 2 is 2.22 bits per heavy atom. The fourth-order valence-corrected chi connectivity index (χ4v) is 2.58. The van der Waals surface area contributed by atoms with E-state index in [0.717, 1.165) is 31.6 Å². The molecule has 0 aromatic heterocycles. The van der Waals surface area contributed by atoms with Crippen molar-refractivity contribution >= 4 is 5.69 Å². The summed E-state index contributed by atoms with van der Waals surface area (Å²) in [5.74, 6) is 0. The number of hydrogen-bond donors (Lipinski definition) is 2. The van der Waals surface area contributed by atoms with Gasteiger partial charge in [-0.05, 0) is 37.8 Å². The molecule has 2 unspecified atom stereocenters. The highest BCUT2D eigenvalue weighted by Gasteiger charge is 2.36. The highest BCUT2D eigenvalue weighted by molar-refractivity contribution is 5.52. The number of aliphatic hydroxyl groups excluding tert-OH is 1. The summed E-state index contributed by atoms with van der Waals surface area (Å²) in [4.78, 5) is 0. The minimum atomic E-state index is -0.231. The standard InChI is InChI=1S/C15H23NO2/c1-3-13-10-15(11-17,8-9-18-13)16-14-7-5-4-6-12(14)2/h4-7,13,16-17H,3,8-11H2,1-2H3. The summed E-state index contributed by atoms with van der Waals surface area (Å²) in [5.41, 5.74) is 2.10. The van der Waals surface area contributed by atoms with Crippen LogP contribution in [-0.4, -0.2) is 30.0 Å². The molecule has 0 radical (unpaired) electrons. The Labute approximate surface area is 109 Å². The normalized spacial score (nSPS) is 28.1. The number of anilines is 1. The van der Waals surface area contributed by atoms with Gasteiger partial charge in [-0.2, -0.15) is 0 Å². The molecular weight excluding hydrogens is 226 g/mol. The fourth-order valence-electron chi connectivity index (χ4n) is 2.58. The molecule has 2 N–H and O–H groups in total. The molecule has 0 bridgehead atoms. The number of ether oxygens (including phenoxy) is 1. The van der Waals surface area contributed by atoms with Crippen LogP contribution in [0.25, 0.3) is 0 Å². The molecule has 1 aromatic carbocycles. The van der Waals surface area contributed by atoms with E-state index in [1.54, 1.807) is 0 Å². The summed E-state index contributed by atoms with van der Waals surface area (Å²) < 4.78 is 5.70. The van der Waals surface area contributed by atoms with Crippen molar-refractivity contribution in [2.45, 2.75) is 44.8 Å². The first-order valence-electron chi connectivity index (χ1n) is 6.75. The van der Waals surface area contributed by atoms with Crippen molar-refractivity contribution in [3.05, 3.63) is 29.8 Å². The maximum Gasteiger partial charge on any atom is 0.0663 e. The zero-order valence-corrected chi connectivity index (χ0v) is 11.3. The molecule has 2 atom stereocenters. The summed E-state index contributed by atoms with van der Waals surface area (Å²) in [6, 6.07) is 8.22. The van der Waals surface area contributed by atoms with Crippen LogP contribution < -0.4 is 5.32 Å². The molecule has 2 rings (SSSR count). The monoisotopic (exact) mass is 249 g/mol. The van der Waals surface area contributed by atoms with Crippen LogP contribution in [0, 0.1) is 6.92 Å². The minimum Gasteiger partial charge on any atom is -0.394 e. The van der Waals surface area contributed by atoms with Crippen molar-refractivity contribution in [2.75, 3.05) is 18.5 Å². The molecule has 1 heterocycles. The first-order chi connectivity index (χ1) is 8.69. The Kier molecular flexibility index (Phi) is 4.25. The lowest BCUT2D eigenvalue weighted by atomic mass is 9.86. The van der Waals surface area contributed by atoms with Gasteiger partial charge in [-0.3, -0.25) is 0 Å². The van der Waals surface area contributed by atoms with Gasteiger partial charge < -0.3 is 15.2 Å². The van der Waals surface area contributed by atoms with Crippen molar-refractivity contribution < 1.29 is 9.84 Å². The average molecular weight is 249 g/mol. The van der Waals surface area contributed by atoms with Gasteiger partial charge >= 0.3 is 0 Å². The Morgan fingerprint density at radius 1 is 1.44 bits per heavy atom. The zero-order valence-electron chi connectivity index (χ0n) is 11.3. The molecule has 1 fully saturated rings. The Hall–Kier alpha value is -1.06. The molecule has 0 amide bonds. The smallest absolute Gasteiger partial charge is 0.0663 e. The fraction of sp³-hybridized carbons (Fsp3) is 0.600. The largest absolute Gasteiger partial charge is 0.394 e. The topological polar surface area (TPSA) is 41.5 Å². The summed E-state index contributed by atoms with van der Waals surface area (Å²) in [6.45, 7) is 5.09. The second-order valence-electron chi connectivity index (χ2n) is 5.23. The van der Waals surface area contributed by atoms with Crippen LogP contribution in [0.2, 0.25) is 0 Å². The van der Waals surface area contributed by atoms with E-state index in [1.165, 1.54) is 5.56 Å². The SMILES string of the molecule is CCC1CC(CO)(Nc2ccccc2C)CCO1. The van der Waals surface area contributed by atoms with Gasteiger partial charge in [-0.1, -0.05) is 25.1 Å². The van der Waals surface area contributed by atoms with Crippen molar-refractivity contribution in [3.8, 4) is 0 Å². The van der Waals surface area contributed by atoms with E-state index in [1.807, 2.05) is 12.1 Å². The van der Waals surface area contributed by atoms with Crippen LogP contribution in [0.15, 0.2) is 24.3 Å². The third-order valence-electron chi connectivity index (χ3n) is 3.86. The number of aliphatic hydroxyl groups is 1. The molecule has 18 heavy (non-hydrogen) atoms. The average Bonchev–Trinajstić information content (AvgIpc) is 2.42. The molecule has 0 saturated carbocycles. The van der Waals surface area contributed by atoms with Crippen molar-refractivity contribution in [1.82, 2.24) is 0 Å². The number of hydrogen-bond acceptors (Lipinski definition) is 3. The predicted molar refractivity (Wildman–Crippen MR) is 73.9 cm³/mol. The third-order valence-corrected chi connectivity index (χ3v) is 3.86. The van der Waals surface area contributed by atoms with Gasteiger partial charge in [-0.15, -0.1) is 0 Å². The van der Waals surface area contributed by atoms with Gasteiger partial charge in [0.2, 0.25) is 0 Å². The maximum atomic E-state index is 9.79. The van der Waals surface area contributed by atoms with Gasteiger partial charge in [0.25, 0.3) is 0 Å². The molecule has 1 aromatic rings. The molecule has 100 valence electrons. The molecule has 1 saturated heterocycles. The second kappa shape index (κ2) is 5.72. The van der Waals surface area contributed by atoms with Gasteiger partial charge in [0.05, 0.1) is 18.2 Å². The first kappa shape index (κ1) is 13.4.